The first-order valence-corrected chi connectivity index (χ1v) is 9.97. The number of allylic oxidation sites excluding steroid dienone is 1. The van der Waals surface area contributed by atoms with E-state index in [0.717, 1.165) is 42.8 Å². The minimum Gasteiger partial charge on any atom is -0.378 e. The predicted molar refractivity (Wildman–Crippen MR) is 113 cm³/mol. The van der Waals surface area contributed by atoms with Gasteiger partial charge in [0.25, 0.3) is 5.91 Å². The Bertz CT molecular complexity index is 915. The molecular weight excluding hydrogens is 372 g/mol. The summed E-state index contributed by atoms with van der Waals surface area (Å²) in [5, 5.41) is 3.62. The number of halogens is 1. The third kappa shape index (κ3) is 4.29. The zero-order chi connectivity index (χ0) is 19.3. The van der Waals surface area contributed by atoms with Gasteiger partial charge in [-0.2, -0.15) is 0 Å². The van der Waals surface area contributed by atoms with Crippen LogP contribution in [0.1, 0.15) is 18.4 Å². The summed E-state index contributed by atoms with van der Waals surface area (Å²) < 4.78 is 5.52. The van der Waals surface area contributed by atoms with Crippen LogP contribution in [-0.2, 0) is 9.53 Å². The quantitative estimate of drug-likeness (QED) is 0.814. The average molecular weight is 395 g/mol. The normalized spacial score (nSPS) is 18.6. The lowest BCUT2D eigenvalue weighted by molar-refractivity contribution is -0.113. The van der Waals surface area contributed by atoms with Crippen molar-refractivity contribution in [2.24, 2.45) is 0 Å². The largest absolute Gasteiger partial charge is 0.378 e. The molecule has 5 heteroatoms. The Kier molecular flexibility index (Phi) is 5.79. The number of nitrogens with zero attached hydrogens (tertiary/aromatic N) is 1. The number of benzene rings is 2. The van der Waals surface area contributed by atoms with Crippen LogP contribution in [0.25, 0.3) is 6.08 Å². The van der Waals surface area contributed by atoms with E-state index in [0.29, 0.717) is 23.9 Å². The summed E-state index contributed by atoms with van der Waals surface area (Å²) in [5.74, 6) is -0.0554. The Labute approximate surface area is 170 Å². The Morgan fingerprint density at radius 2 is 1.82 bits per heavy atom. The van der Waals surface area contributed by atoms with E-state index in [9.17, 15) is 4.79 Å². The van der Waals surface area contributed by atoms with Crippen LogP contribution >= 0.6 is 11.6 Å². The number of morpholine rings is 1. The lowest BCUT2D eigenvalue weighted by Crippen LogP contribution is -2.36. The van der Waals surface area contributed by atoms with Gasteiger partial charge in [0.15, 0.2) is 0 Å². The van der Waals surface area contributed by atoms with Gasteiger partial charge in [0.05, 0.1) is 13.2 Å². The van der Waals surface area contributed by atoms with Crippen LogP contribution in [0.3, 0.4) is 0 Å². The number of carbonyl (C=O) groups excluding carboxylic acids is 1. The Hall–Kier alpha value is -2.56. The van der Waals surface area contributed by atoms with Gasteiger partial charge < -0.3 is 15.0 Å². The minimum absolute atomic E-state index is 0.0554. The maximum atomic E-state index is 13.1. The third-order valence-corrected chi connectivity index (χ3v) is 5.29. The van der Waals surface area contributed by atoms with Crippen LogP contribution in [0.4, 0.5) is 5.69 Å². The van der Waals surface area contributed by atoms with Crippen molar-refractivity contribution < 1.29 is 9.53 Å². The fourth-order valence-electron chi connectivity index (χ4n) is 3.76. The van der Waals surface area contributed by atoms with Gasteiger partial charge in [-0.05, 0) is 48.3 Å². The highest BCUT2D eigenvalue weighted by Gasteiger charge is 2.29. The monoisotopic (exact) mass is 394 g/mol. The summed E-state index contributed by atoms with van der Waals surface area (Å²) in [6.07, 6.45) is 3.79. The maximum Gasteiger partial charge on any atom is 0.253 e. The van der Waals surface area contributed by atoms with E-state index < -0.39 is 0 Å². The Morgan fingerprint density at radius 1 is 1.04 bits per heavy atom. The molecule has 0 atom stereocenters. The van der Waals surface area contributed by atoms with E-state index in [4.69, 9.17) is 16.3 Å². The van der Waals surface area contributed by atoms with Crippen molar-refractivity contribution >= 4 is 29.3 Å². The molecule has 0 unspecified atom stereocenters. The van der Waals surface area contributed by atoms with Crippen molar-refractivity contribution in [2.75, 3.05) is 31.6 Å². The number of anilines is 1. The van der Waals surface area contributed by atoms with Crippen LogP contribution in [-0.4, -0.2) is 37.1 Å². The molecule has 1 N–H and O–H groups in total. The highest BCUT2D eigenvalue weighted by atomic mass is 35.5. The second kappa shape index (κ2) is 8.63. The second-order valence-corrected chi connectivity index (χ2v) is 7.41. The van der Waals surface area contributed by atoms with Gasteiger partial charge in [-0.3, -0.25) is 4.79 Å². The zero-order valence-corrected chi connectivity index (χ0v) is 16.4. The molecule has 1 heterocycles. The number of rotatable bonds is 4. The number of nitrogens with one attached hydrogen (secondary N) is 1. The molecule has 1 fully saturated rings. The summed E-state index contributed by atoms with van der Waals surface area (Å²) in [4.78, 5) is 15.4. The van der Waals surface area contributed by atoms with E-state index >= 15 is 0 Å². The molecule has 0 spiro atoms. The fraction of sp³-hybridized carbons (Fsp3) is 0.261. The summed E-state index contributed by atoms with van der Waals surface area (Å²) in [5.41, 5.74) is 4.98. The molecule has 1 amide bonds. The van der Waals surface area contributed by atoms with Crippen LogP contribution < -0.4 is 5.32 Å². The molecule has 144 valence electrons. The van der Waals surface area contributed by atoms with E-state index in [1.54, 1.807) is 12.1 Å². The van der Waals surface area contributed by atoms with Crippen LogP contribution in [0.5, 0.6) is 0 Å². The molecule has 0 radical (unpaired) electrons. The van der Waals surface area contributed by atoms with Crippen molar-refractivity contribution in [1.82, 2.24) is 4.90 Å². The van der Waals surface area contributed by atoms with Gasteiger partial charge in [0.2, 0.25) is 0 Å². The van der Waals surface area contributed by atoms with Crippen molar-refractivity contribution in [3.8, 4) is 0 Å². The molecule has 0 saturated carbocycles. The van der Waals surface area contributed by atoms with Crippen LogP contribution in [0.15, 0.2) is 71.4 Å². The molecule has 4 nitrogen and oxygen atoms in total. The first-order valence-electron chi connectivity index (χ1n) is 9.59. The smallest absolute Gasteiger partial charge is 0.253 e. The molecule has 28 heavy (non-hydrogen) atoms. The van der Waals surface area contributed by atoms with Gasteiger partial charge in [-0.15, -0.1) is 0 Å². The highest BCUT2D eigenvalue weighted by Crippen LogP contribution is 2.36. The zero-order valence-electron chi connectivity index (χ0n) is 15.7. The molecule has 1 saturated heterocycles. The number of hydrogen-bond acceptors (Lipinski definition) is 3. The summed E-state index contributed by atoms with van der Waals surface area (Å²) >= 11 is 6.06. The van der Waals surface area contributed by atoms with Gasteiger partial charge in [-0.1, -0.05) is 48.0 Å². The molecular formula is C23H23ClN2O2. The van der Waals surface area contributed by atoms with E-state index in [1.165, 1.54) is 5.57 Å². The molecule has 1 aliphatic heterocycles. The SMILES string of the molecule is O=C(Nc1cccc(Cl)c1)C1=C(N2CCOCC2)/C(=C\c2ccccc2)CC1. The third-order valence-electron chi connectivity index (χ3n) is 5.06. The summed E-state index contributed by atoms with van der Waals surface area (Å²) in [6, 6.07) is 17.5. The average Bonchev–Trinajstić information content (AvgIpc) is 3.13. The second-order valence-electron chi connectivity index (χ2n) is 6.97. The molecule has 4 rings (SSSR count). The van der Waals surface area contributed by atoms with Gasteiger partial charge in [0.1, 0.15) is 0 Å². The maximum absolute atomic E-state index is 13.1. The van der Waals surface area contributed by atoms with E-state index in [-0.39, 0.29) is 5.91 Å². The molecule has 1 aliphatic carbocycles. The molecule has 2 aliphatic rings. The van der Waals surface area contributed by atoms with Gasteiger partial charge >= 0.3 is 0 Å². The Balaban J connectivity index is 1.67. The number of ether oxygens (including phenoxy) is 1. The molecule has 0 aromatic heterocycles. The highest BCUT2D eigenvalue weighted by molar-refractivity contribution is 6.31. The van der Waals surface area contributed by atoms with E-state index in [1.807, 2.05) is 30.3 Å². The molecule has 0 bridgehead atoms. The summed E-state index contributed by atoms with van der Waals surface area (Å²) in [7, 11) is 0. The first kappa shape index (κ1) is 18.8. The molecule has 2 aromatic rings. The molecule has 2 aromatic carbocycles. The van der Waals surface area contributed by atoms with Crippen molar-refractivity contribution in [3.63, 3.8) is 0 Å². The first-order chi connectivity index (χ1) is 13.7. The number of carbonyl (C=O) groups is 1. The minimum atomic E-state index is -0.0554. The lowest BCUT2D eigenvalue weighted by Gasteiger charge is -2.31. The predicted octanol–water partition coefficient (Wildman–Crippen LogP) is 4.74. The van der Waals surface area contributed by atoms with Gasteiger partial charge in [-0.25, -0.2) is 0 Å². The van der Waals surface area contributed by atoms with Crippen molar-refractivity contribution in [2.45, 2.75) is 12.8 Å². The number of amides is 1. The fourth-order valence-corrected chi connectivity index (χ4v) is 3.95. The topological polar surface area (TPSA) is 41.6 Å². The van der Waals surface area contributed by atoms with Crippen molar-refractivity contribution in [1.29, 1.82) is 0 Å². The van der Waals surface area contributed by atoms with Crippen LogP contribution in [0, 0.1) is 0 Å². The lowest BCUT2D eigenvalue weighted by atomic mass is 10.1. The number of hydrogen-bond donors (Lipinski definition) is 1. The van der Waals surface area contributed by atoms with E-state index in [2.05, 4.69) is 28.4 Å². The summed E-state index contributed by atoms with van der Waals surface area (Å²) in [6.45, 7) is 2.97. The van der Waals surface area contributed by atoms with Crippen LogP contribution in [0.2, 0.25) is 5.02 Å². The van der Waals surface area contributed by atoms with Gasteiger partial charge in [0, 0.05) is 35.1 Å². The van der Waals surface area contributed by atoms with Crippen molar-refractivity contribution in [3.05, 3.63) is 82.0 Å². The Morgan fingerprint density at radius 3 is 2.57 bits per heavy atom. The standard InChI is InChI=1S/C23H23ClN2O2/c24-19-7-4-8-20(16-19)25-23(27)21-10-9-18(15-17-5-2-1-3-6-17)22(21)26-11-13-28-14-12-26/h1-8,15-16H,9-14H2,(H,25,27)/b18-15-.